The van der Waals surface area contributed by atoms with Gasteiger partial charge < -0.3 is 14.2 Å². The quantitative estimate of drug-likeness (QED) is 0.796. The largest absolute Gasteiger partial charge is 0.491 e. The Morgan fingerprint density at radius 1 is 1.59 bits per heavy atom. The molecular weight excluding hydrogens is 222 g/mol. The zero-order chi connectivity index (χ0) is 12.1. The lowest BCUT2D eigenvalue weighted by Crippen LogP contribution is -2.13. The van der Waals surface area contributed by atoms with E-state index in [1.807, 2.05) is 12.1 Å². The Morgan fingerprint density at radius 3 is 3.12 bits per heavy atom. The molecule has 1 aromatic carbocycles. The van der Waals surface area contributed by atoms with Crippen molar-refractivity contribution in [3.05, 3.63) is 24.3 Å². The third kappa shape index (κ3) is 3.96. The minimum atomic E-state index is -0.463. The number of nitrogens with one attached hydrogen (secondary N) is 1. The molecule has 1 heterocycles. The summed E-state index contributed by atoms with van der Waals surface area (Å²) in [6.45, 7) is 3.42. The number of hydrogen-bond donors (Lipinski definition) is 1. The fourth-order valence-electron chi connectivity index (χ4n) is 1.30. The second-order valence-electron chi connectivity index (χ2n) is 3.64. The first-order valence-electron chi connectivity index (χ1n) is 5.56. The van der Waals surface area contributed by atoms with Crippen LogP contribution in [0.5, 0.6) is 5.75 Å². The van der Waals surface area contributed by atoms with E-state index in [-0.39, 0.29) is 6.10 Å². The molecule has 0 saturated carbocycles. The van der Waals surface area contributed by atoms with Crippen LogP contribution in [-0.4, -0.2) is 32.0 Å². The van der Waals surface area contributed by atoms with E-state index in [0.29, 0.717) is 24.7 Å². The molecule has 0 bridgehead atoms. The lowest BCUT2D eigenvalue weighted by molar-refractivity contribution is 0.168. The molecule has 1 saturated heterocycles. The summed E-state index contributed by atoms with van der Waals surface area (Å²) in [6.07, 6.45) is -0.244. The topological polar surface area (TPSA) is 60.1 Å². The number of carbonyl (C=O) groups is 1. The molecule has 0 spiro atoms. The van der Waals surface area contributed by atoms with Crippen LogP contribution < -0.4 is 10.1 Å². The van der Waals surface area contributed by atoms with E-state index in [2.05, 4.69) is 5.32 Å². The van der Waals surface area contributed by atoms with Crippen LogP contribution in [0.15, 0.2) is 24.3 Å². The van der Waals surface area contributed by atoms with Gasteiger partial charge in [-0.1, -0.05) is 6.07 Å². The molecule has 1 unspecified atom stereocenters. The molecule has 0 aliphatic carbocycles. The van der Waals surface area contributed by atoms with Gasteiger partial charge in [0, 0.05) is 11.8 Å². The van der Waals surface area contributed by atoms with Gasteiger partial charge in [-0.3, -0.25) is 5.32 Å². The average molecular weight is 237 g/mol. The van der Waals surface area contributed by atoms with Crippen molar-refractivity contribution in [2.75, 3.05) is 25.1 Å². The summed E-state index contributed by atoms with van der Waals surface area (Å²) in [5, 5.41) is 2.61. The van der Waals surface area contributed by atoms with Crippen molar-refractivity contribution in [1.82, 2.24) is 0 Å². The van der Waals surface area contributed by atoms with Gasteiger partial charge in [-0.25, -0.2) is 4.79 Å². The normalized spacial score (nSPS) is 17.4. The number of benzene rings is 1. The second kappa shape index (κ2) is 5.54. The van der Waals surface area contributed by atoms with Crippen LogP contribution in [0.3, 0.4) is 0 Å². The zero-order valence-electron chi connectivity index (χ0n) is 9.64. The Bertz CT molecular complexity index is 390. The van der Waals surface area contributed by atoms with Gasteiger partial charge in [-0.2, -0.15) is 0 Å². The molecule has 1 amide bonds. The fraction of sp³-hybridized carbons (Fsp3) is 0.417. The zero-order valence-corrected chi connectivity index (χ0v) is 9.64. The van der Waals surface area contributed by atoms with Crippen molar-refractivity contribution in [2.45, 2.75) is 13.0 Å². The van der Waals surface area contributed by atoms with Crippen LogP contribution in [0.1, 0.15) is 6.92 Å². The third-order valence-corrected chi connectivity index (χ3v) is 2.19. The predicted molar refractivity (Wildman–Crippen MR) is 62.3 cm³/mol. The number of amides is 1. The number of epoxide rings is 1. The molecular formula is C12H15NO4. The lowest BCUT2D eigenvalue weighted by atomic mass is 10.3. The summed E-state index contributed by atoms with van der Waals surface area (Å²) in [4.78, 5) is 11.2. The van der Waals surface area contributed by atoms with Gasteiger partial charge in [-0.15, -0.1) is 0 Å². The van der Waals surface area contributed by atoms with Crippen molar-refractivity contribution in [1.29, 1.82) is 0 Å². The van der Waals surface area contributed by atoms with Gasteiger partial charge >= 0.3 is 6.09 Å². The van der Waals surface area contributed by atoms with E-state index >= 15 is 0 Å². The minimum Gasteiger partial charge on any atom is -0.491 e. The molecule has 0 radical (unpaired) electrons. The molecule has 2 rings (SSSR count). The van der Waals surface area contributed by atoms with E-state index in [1.54, 1.807) is 19.1 Å². The predicted octanol–water partition coefficient (Wildman–Crippen LogP) is 2.03. The Kier molecular flexibility index (Phi) is 3.82. The first kappa shape index (κ1) is 11.7. The van der Waals surface area contributed by atoms with Crippen LogP contribution in [0.2, 0.25) is 0 Å². The molecule has 1 N–H and O–H groups in total. The molecule has 1 aliphatic rings. The van der Waals surface area contributed by atoms with Crippen LogP contribution in [0.25, 0.3) is 0 Å². The summed E-state index contributed by atoms with van der Waals surface area (Å²) in [6, 6.07) is 7.17. The second-order valence-corrected chi connectivity index (χ2v) is 3.64. The highest BCUT2D eigenvalue weighted by Gasteiger charge is 2.23. The van der Waals surface area contributed by atoms with Gasteiger partial charge in [0.05, 0.1) is 13.2 Å². The van der Waals surface area contributed by atoms with E-state index in [9.17, 15) is 4.79 Å². The lowest BCUT2D eigenvalue weighted by Gasteiger charge is -2.08. The van der Waals surface area contributed by atoms with Gasteiger partial charge in [0.1, 0.15) is 18.5 Å². The van der Waals surface area contributed by atoms with Gasteiger partial charge in [0.15, 0.2) is 0 Å². The molecule has 1 aliphatic heterocycles. The number of carbonyl (C=O) groups excluding carboxylic acids is 1. The number of hydrogen-bond acceptors (Lipinski definition) is 4. The van der Waals surface area contributed by atoms with E-state index in [1.165, 1.54) is 0 Å². The summed E-state index contributed by atoms with van der Waals surface area (Å²) in [7, 11) is 0. The van der Waals surface area contributed by atoms with E-state index < -0.39 is 6.09 Å². The molecule has 17 heavy (non-hydrogen) atoms. The van der Waals surface area contributed by atoms with Gasteiger partial charge in [0.2, 0.25) is 0 Å². The van der Waals surface area contributed by atoms with Crippen molar-refractivity contribution in [3.8, 4) is 5.75 Å². The van der Waals surface area contributed by atoms with Crippen LogP contribution in [0, 0.1) is 0 Å². The summed E-state index contributed by atoms with van der Waals surface area (Å²) in [5.74, 6) is 0.704. The highest BCUT2D eigenvalue weighted by atomic mass is 16.6. The first-order chi connectivity index (χ1) is 8.28. The monoisotopic (exact) mass is 237 g/mol. The highest BCUT2D eigenvalue weighted by Crippen LogP contribution is 2.19. The molecule has 1 fully saturated rings. The van der Waals surface area contributed by atoms with E-state index in [0.717, 1.165) is 6.61 Å². The Balaban J connectivity index is 1.88. The number of rotatable bonds is 5. The van der Waals surface area contributed by atoms with Crippen molar-refractivity contribution in [3.63, 3.8) is 0 Å². The van der Waals surface area contributed by atoms with Gasteiger partial charge in [0.25, 0.3) is 0 Å². The third-order valence-electron chi connectivity index (χ3n) is 2.19. The Hall–Kier alpha value is -1.75. The molecule has 0 aromatic heterocycles. The molecule has 92 valence electrons. The Labute approximate surface area is 99.7 Å². The fourth-order valence-corrected chi connectivity index (χ4v) is 1.30. The maximum Gasteiger partial charge on any atom is 0.411 e. The summed E-state index contributed by atoms with van der Waals surface area (Å²) in [5.41, 5.74) is 0.651. The maximum absolute atomic E-state index is 11.2. The van der Waals surface area contributed by atoms with E-state index in [4.69, 9.17) is 14.2 Å². The number of ether oxygens (including phenoxy) is 3. The van der Waals surface area contributed by atoms with Gasteiger partial charge in [-0.05, 0) is 19.1 Å². The highest BCUT2D eigenvalue weighted by molar-refractivity contribution is 5.84. The Morgan fingerprint density at radius 2 is 2.41 bits per heavy atom. The minimum absolute atomic E-state index is 0.219. The van der Waals surface area contributed by atoms with Crippen LogP contribution in [-0.2, 0) is 9.47 Å². The smallest absolute Gasteiger partial charge is 0.411 e. The molecule has 5 nitrogen and oxygen atoms in total. The maximum atomic E-state index is 11.2. The van der Waals surface area contributed by atoms with Crippen LogP contribution in [0.4, 0.5) is 10.5 Å². The van der Waals surface area contributed by atoms with Crippen molar-refractivity contribution >= 4 is 11.8 Å². The number of anilines is 1. The SMILES string of the molecule is CCOC(=O)Nc1cccc(OCC2CO2)c1. The first-order valence-corrected chi connectivity index (χ1v) is 5.56. The summed E-state index contributed by atoms with van der Waals surface area (Å²) >= 11 is 0. The average Bonchev–Trinajstić information content (AvgIpc) is 3.11. The van der Waals surface area contributed by atoms with Crippen molar-refractivity contribution in [2.24, 2.45) is 0 Å². The summed E-state index contributed by atoms with van der Waals surface area (Å²) < 4.78 is 15.3. The van der Waals surface area contributed by atoms with Crippen LogP contribution >= 0.6 is 0 Å². The molecule has 1 atom stereocenters. The standard InChI is InChI=1S/C12H15NO4/c1-2-15-12(14)13-9-4-3-5-10(6-9)16-7-11-8-17-11/h3-6,11H,2,7-8H2,1H3,(H,13,14). The molecule has 5 heteroatoms. The molecule has 1 aromatic rings. The van der Waals surface area contributed by atoms with Crippen molar-refractivity contribution < 1.29 is 19.0 Å².